The predicted molar refractivity (Wildman–Crippen MR) is 71.2 cm³/mol. The normalized spacial score (nSPS) is 29.0. The number of rotatable bonds is 3. The van der Waals surface area contributed by atoms with Crippen molar-refractivity contribution >= 4 is 9.84 Å². The van der Waals surface area contributed by atoms with Crippen molar-refractivity contribution in [3.63, 3.8) is 0 Å². The average Bonchev–Trinajstić information content (AvgIpc) is 2.15. The Labute approximate surface area is 105 Å². The van der Waals surface area contributed by atoms with Crippen LogP contribution in [0.1, 0.15) is 46.5 Å². The third kappa shape index (κ3) is 3.93. The van der Waals surface area contributed by atoms with Crippen LogP contribution in [0.5, 0.6) is 0 Å². The van der Waals surface area contributed by atoms with E-state index in [-0.39, 0.29) is 16.7 Å². The molecule has 0 aliphatic heterocycles. The fourth-order valence-corrected chi connectivity index (χ4v) is 4.16. The molecule has 0 radical (unpaired) electrons. The highest BCUT2D eigenvalue weighted by molar-refractivity contribution is 7.91. The summed E-state index contributed by atoms with van der Waals surface area (Å²) in [4.78, 5) is 0. The Hall–Kier alpha value is -0.130. The van der Waals surface area contributed by atoms with Gasteiger partial charge < -0.3 is 0 Å². The van der Waals surface area contributed by atoms with Gasteiger partial charge in [0, 0.05) is 12.3 Å². The van der Waals surface area contributed by atoms with Crippen molar-refractivity contribution in [2.24, 2.45) is 17.2 Å². The zero-order valence-electron chi connectivity index (χ0n) is 11.4. The predicted octanol–water partition coefficient (Wildman–Crippen LogP) is 1.47. The summed E-state index contributed by atoms with van der Waals surface area (Å²) in [6.07, 6.45) is 4.94. The zero-order chi connectivity index (χ0) is 13.3. The van der Waals surface area contributed by atoms with Gasteiger partial charge in [-0.05, 0) is 30.6 Å². The maximum atomic E-state index is 11.6. The molecular weight excluding hydrogens is 236 g/mol. The standard InChI is InChI=1S/C12H26N2O2S/c1-12(2,3)11(14-13)9-6-5-7-10(8-9)17(4,15)16/h9-11,14H,5-8,13H2,1-4H3. The van der Waals surface area contributed by atoms with E-state index in [1.807, 2.05) is 0 Å². The van der Waals surface area contributed by atoms with Crippen molar-refractivity contribution < 1.29 is 8.42 Å². The lowest BCUT2D eigenvalue weighted by Crippen LogP contribution is -2.51. The van der Waals surface area contributed by atoms with E-state index in [9.17, 15) is 8.42 Å². The number of hydrogen-bond donors (Lipinski definition) is 2. The molecule has 3 N–H and O–H groups in total. The van der Waals surface area contributed by atoms with Crippen LogP contribution in [0.2, 0.25) is 0 Å². The molecule has 1 saturated carbocycles. The lowest BCUT2D eigenvalue weighted by atomic mass is 9.73. The first-order valence-electron chi connectivity index (χ1n) is 6.31. The summed E-state index contributed by atoms with van der Waals surface area (Å²) in [6.45, 7) is 6.42. The Morgan fingerprint density at radius 3 is 2.29 bits per heavy atom. The van der Waals surface area contributed by atoms with Gasteiger partial charge in [-0.15, -0.1) is 0 Å². The highest BCUT2D eigenvalue weighted by atomic mass is 32.2. The first-order chi connectivity index (χ1) is 7.66. The van der Waals surface area contributed by atoms with E-state index in [0.717, 1.165) is 25.7 Å². The Kier molecular flexibility index (Phi) is 4.60. The first-order valence-corrected chi connectivity index (χ1v) is 8.26. The van der Waals surface area contributed by atoms with Crippen LogP contribution >= 0.6 is 0 Å². The van der Waals surface area contributed by atoms with Gasteiger partial charge in [-0.3, -0.25) is 11.3 Å². The molecule has 0 heterocycles. The second kappa shape index (κ2) is 5.24. The molecule has 3 atom stereocenters. The zero-order valence-corrected chi connectivity index (χ0v) is 12.2. The average molecular weight is 262 g/mol. The summed E-state index contributed by atoms with van der Waals surface area (Å²) >= 11 is 0. The minimum absolute atomic E-state index is 0.0544. The summed E-state index contributed by atoms with van der Waals surface area (Å²) in [7, 11) is -2.91. The third-order valence-electron chi connectivity index (χ3n) is 3.86. The third-order valence-corrected chi connectivity index (χ3v) is 5.50. The number of nitrogens with one attached hydrogen (secondary N) is 1. The van der Waals surface area contributed by atoms with Crippen molar-refractivity contribution in [3.05, 3.63) is 0 Å². The summed E-state index contributed by atoms with van der Waals surface area (Å²) in [5.41, 5.74) is 2.94. The SMILES string of the molecule is CC(C)(C)C(NN)C1CCCC(S(C)(=O)=O)C1. The molecule has 4 nitrogen and oxygen atoms in total. The fourth-order valence-electron chi connectivity index (χ4n) is 2.97. The van der Waals surface area contributed by atoms with Gasteiger partial charge >= 0.3 is 0 Å². The first kappa shape index (κ1) is 14.9. The van der Waals surface area contributed by atoms with E-state index < -0.39 is 9.84 Å². The van der Waals surface area contributed by atoms with Crippen molar-refractivity contribution in [2.45, 2.75) is 57.7 Å². The largest absolute Gasteiger partial charge is 0.271 e. The molecule has 0 saturated heterocycles. The minimum atomic E-state index is -2.91. The van der Waals surface area contributed by atoms with Crippen LogP contribution in [-0.4, -0.2) is 26.0 Å². The Balaban J connectivity index is 2.79. The molecule has 0 spiro atoms. The molecule has 1 fully saturated rings. The Morgan fingerprint density at radius 2 is 1.88 bits per heavy atom. The van der Waals surface area contributed by atoms with Gasteiger partial charge in [0.15, 0.2) is 0 Å². The quantitative estimate of drug-likeness (QED) is 0.597. The van der Waals surface area contributed by atoms with E-state index in [1.54, 1.807) is 0 Å². The second-order valence-electron chi connectivity index (χ2n) is 6.39. The van der Waals surface area contributed by atoms with E-state index in [4.69, 9.17) is 5.84 Å². The lowest BCUT2D eigenvalue weighted by Gasteiger charge is -2.40. The monoisotopic (exact) mass is 262 g/mol. The second-order valence-corrected chi connectivity index (χ2v) is 8.71. The number of nitrogens with two attached hydrogens (primary N) is 1. The summed E-state index contributed by atoms with van der Waals surface area (Å²) in [5.74, 6) is 6.00. The summed E-state index contributed by atoms with van der Waals surface area (Å²) in [6, 6.07) is 0.173. The smallest absolute Gasteiger partial charge is 0.150 e. The van der Waals surface area contributed by atoms with E-state index >= 15 is 0 Å². The van der Waals surface area contributed by atoms with Crippen molar-refractivity contribution in [3.8, 4) is 0 Å². The van der Waals surface area contributed by atoms with Crippen molar-refractivity contribution in [2.75, 3.05) is 6.26 Å². The van der Waals surface area contributed by atoms with E-state index in [0.29, 0.717) is 5.92 Å². The van der Waals surface area contributed by atoms with Gasteiger partial charge in [-0.25, -0.2) is 8.42 Å². The summed E-state index contributed by atoms with van der Waals surface area (Å²) < 4.78 is 23.3. The molecule has 1 rings (SSSR count). The number of hydrazine groups is 1. The maximum absolute atomic E-state index is 11.6. The molecule has 17 heavy (non-hydrogen) atoms. The molecule has 3 unspecified atom stereocenters. The number of hydrogen-bond acceptors (Lipinski definition) is 4. The fraction of sp³-hybridized carbons (Fsp3) is 1.00. The lowest BCUT2D eigenvalue weighted by molar-refractivity contribution is 0.159. The highest BCUT2D eigenvalue weighted by Crippen LogP contribution is 2.36. The van der Waals surface area contributed by atoms with Gasteiger partial charge in [-0.2, -0.15) is 0 Å². The molecule has 1 aliphatic rings. The molecule has 1 aliphatic carbocycles. The Morgan fingerprint density at radius 1 is 1.29 bits per heavy atom. The molecule has 0 bridgehead atoms. The van der Waals surface area contributed by atoms with Crippen LogP contribution in [0.3, 0.4) is 0 Å². The molecule has 0 aromatic rings. The van der Waals surface area contributed by atoms with Crippen LogP contribution in [-0.2, 0) is 9.84 Å². The van der Waals surface area contributed by atoms with Crippen LogP contribution in [0.4, 0.5) is 0 Å². The van der Waals surface area contributed by atoms with Crippen LogP contribution in [0, 0.1) is 11.3 Å². The molecular formula is C12H26N2O2S. The van der Waals surface area contributed by atoms with Gasteiger partial charge in [0.05, 0.1) is 5.25 Å². The van der Waals surface area contributed by atoms with Crippen LogP contribution < -0.4 is 11.3 Å². The molecule has 0 aromatic carbocycles. The van der Waals surface area contributed by atoms with E-state index in [2.05, 4.69) is 26.2 Å². The van der Waals surface area contributed by atoms with Gasteiger partial charge in [0.1, 0.15) is 9.84 Å². The molecule has 0 amide bonds. The molecule has 0 aromatic heterocycles. The highest BCUT2D eigenvalue weighted by Gasteiger charge is 2.37. The van der Waals surface area contributed by atoms with Crippen LogP contribution in [0.25, 0.3) is 0 Å². The van der Waals surface area contributed by atoms with Crippen molar-refractivity contribution in [1.29, 1.82) is 0 Å². The minimum Gasteiger partial charge on any atom is -0.271 e. The van der Waals surface area contributed by atoms with Gasteiger partial charge in [0.2, 0.25) is 0 Å². The summed E-state index contributed by atoms with van der Waals surface area (Å²) in [5, 5.41) is -0.181. The van der Waals surface area contributed by atoms with E-state index in [1.165, 1.54) is 6.26 Å². The van der Waals surface area contributed by atoms with Gasteiger partial charge in [-0.1, -0.05) is 27.2 Å². The van der Waals surface area contributed by atoms with Crippen LogP contribution in [0.15, 0.2) is 0 Å². The molecule has 5 heteroatoms. The topological polar surface area (TPSA) is 72.2 Å². The Bertz CT molecular complexity index is 346. The number of sulfone groups is 1. The van der Waals surface area contributed by atoms with Crippen molar-refractivity contribution in [1.82, 2.24) is 5.43 Å². The van der Waals surface area contributed by atoms with Gasteiger partial charge in [0.25, 0.3) is 0 Å². The maximum Gasteiger partial charge on any atom is 0.150 e. The molecule has 102 valence electrons.